The van der Waals surface area contributed by atoms with Crippen LogP contribution in [0.1, 0.15) is 0 Å². The monoisotopic (exact) mass is 450 g/mol. The van der Waals surface area contributed by atoms with Crippen molar-refractivity contribution < 1.29 is 21.6 Å². The fourth-order valence-electron chi connectivity index (χ4n) is 2.55. The van der Waals surface area contributed by atoms with E-state index in [1.54, 1.807) is 0 Å². The zero-order valence-electron chi connectivity index (χ0n) is 13.9. The fraction of sp³-hybridized carbons (Fsp3) is 0.250. The molecule has 11 heteroatoms. The summed E-state index contributed by atoms with van der Waals surface area (Å²) in [7, 11) is -7.80. The van der Waals surface area contributed by atoms with Gasteiger partial charge in [-0.2, -0.15) is 4.31 Å². The Morgan fingerprint density at radius 1 is 0.963 bits per heavy atom. The van der Waals surface area contributed by atoms with Crippen molar-refractivity contribution in [1.82, 2.24) is 4.31 Å². The van der Waals surface area contributed by atoms with E-state index in [1.165, 1.54) is 46.8 Å². The number of anilines is 1. The number of hydrogen-bond acceptors (Lipinski definition) is 5. The molecule has 146 valence electrons. The van der Waals surface area contributed by atoms with Gasteiger partial charge in [0, 0.05) is 18.1 Å². The maximum absolute atomic E-state index is 12.7. The highest BCUT2D eigenvalue weighted by Crippen LogP contribution is 2.28. The lowest BCUT2D eigenvalue weighted by Crippen LogP contribution is -2.40. The number of nitrogens with one attached hydrogen (secondary N) is 1. The third kappa shape index (κ3) is 4.56. The molecule has 1 aliphatic rings. The molecule has 7 nitrogen and oxygen atoms in total. The Labute approximate surface area is 167 Å². The molecule has 0 saturated carbocycles. The van der Waals surface area contributed by atoms with Crippen LogP contribution in [0.3, 0.4) is 0 Å². The van der Waals surface area contributed by atoms with Crippen LogP contribution in [0.5, 0.6) is 0 Å². The van der Waals surface area contributed by atoms with Gasteiger partial charge >= 0.3 is 0 Å². The average molecular weight is 451 g/mol. The maximum Gasteiger partial charge on any atom is 0.263 e. The van der Waals surface area contributed by atoms with Crippen LogP contribution in [0.2, 0.25) is 10.0 Å². The van der Waals surface area contributed by atoms with Crippen molar-refractivity contribution in [3.8, 4) is 0 Å². The first kappa shape index (κ1) is 20.4. The van der Waals surface area contributed by atoms with E-state index in [-0.39, 0.29) is 38.6 Å². The summed E-state index contributed by atoms with van der Waals surface area (Å²) in [5.41, 5.74) is 0.0976. The number of rotatable bonds is 5. The molecule has 0 unspecified atom stereocenters. The van der Waals surface area contributed by atoms with Crippen LogP contribution in [-0.4, -0.2) is 47.4 Å². The van der Waals surface area contributed by atoms with E-state index in [9.17, 15) is 16.8 Å². The Morgan fingerprint density at radius 3 is 2.37 bits per heavy atom. The molecule has 0 bridgehead atoms. The molecular formula is C16H16Cl2N2O5S2. The second-order valence-electron chi connectivity index (χ2n) is 5.72. The van der Waals surface area contributed by atoms with Crippen molar-refractivity contribution in [2.45, 2.75) is 9.79 Å². The molecule has 0 radical (unpaired) electrons. The molecule has 1 heterocycles. The van der Waals surface area contributed by atoms with Gasteiger partial charge in [-0.1, -0.05) is 29.3 Å². The van der Waals surface area contributed by atoms with Crippen LogP contribution in [0.25, 0.3) is 0 Å². The summed E-state index contributed by atoms with van der Waals surface area (Å²) in [6, 6.07) is 9.66. The van der Waals surface area contributed by atoms with E-state index in [0.29, 0.717) is 13.2 Å². The van der Waals surface area contributed by atoms with E-state index in [1.807, 2.05) is 0 Å². The maximum atomic E-state index is 12.7. The van der Waals surface area contributed by atoms with E-state index in [4.69, 9.17) is 27.9 Å². The molecule has 0 spiro atoms. The summed E-state index contributed by atoms with van der Waals surface area (Å²) < 4.78 is 59.5. The van der Waals surface area contributed by atoms with Gasteiger partial charge in [0.15, 0.2) is 0 Å². The van der Waals surface area contributed by atoms with Crippen LogP contribution in [0.15, 0.2) is 52.3 Å². The number of sulfonamides is 2. The Bertz CT molecular complexity index is 1050. The van der Waals surface area contributed by atoms with Crippen LogP contribution in [0.4, 0.5) is 5.69 Å². The predicted octanol–water partition coefficient (Wildman–Crippen LogP) is 2.82. The Balaban J connectivity index is 1.91. The lowest BCUT2D eigenvalue weighted by atomic mass is 10.3. The minimum Gasteiger partial charge on any atom is -0.379 e. The van der Waals surface area contributed by atoms with Gasteiger partial charge < -0.3 is 4.74 Å². The van der Waals surface area contributed by atoms with Crippen LogP contribution < -0.4 is 4.72 Å². The van der Waals surface area contributed by atoms with E-state index in [2.05, 4.69) is 4.72 Å². The van der Waals surface area contributed by atoms with Crippen LogP contribution >= 0.6 is 23.2 Å². The molecule has 27 heavy (non-hydrogen) atoms. The van der Waals surface area contributed by atoms with Gasteiger partial charge in [0.1, 0.15) is 4.90 Å². The summed E-state index contributed by atoms with van der Waals surface area (Å²) in [5.74, 6) is 0. The summed E-state index contributed by atoms with van der Waals surface area (Å²) >= 11 is 11.8. The van der Waals surface area contributed by atoms with E-state index >= 15 is 0 Å². The normalized spacial score (nSPS) is 16.2. The first-order valence-corrected chi connectivity index (χ1v) is 11.5. The second kappa shape index (κ2) is 7.94. The van der Waals surface area contributed by atoms with Gasteiger partial charge in [0.2, 0.25) is 10.0 Å². The third-order valence-electron chi connectivity index (χ3n) is 3.88. The first-order chi connectivity index (χ1) is 12.7. The number of ether oxygens (including phenoxy) is 1. The first-order valence-electron chi connectivity index (χ1n) is 7.86. The van der Waals surface area contributed by atoms with Gasteiger partial charge in [-0.25, -0.2) is 16.8 Å². The molecule has 0 atom stereocenters. The van der Waals surface area contributed by atoms with Crippen molar-refractivity contribution >= 4 is 48.9 Å². The van der Waals surface area contributed by atoms with Gasteiger partial charge in [-0.3, -0.25) is 4.72 Å². The SMILES string of the molecule is O=S(=O)(Nc1cccc(S(=O)(=O)N2CCOCC2)c1)c1cc(Cl)ccc1Cl. The summed E-state index contributed by atoms with van der Waals surface area (Å²) in [5, 5.41) is 0.215. The smallest absolute Gasteiger partial charge is 0.263 e. The largest absolute Gasteiger partial charge is 0.379 e. The van der Waals surface area contributed by atoms with Crippen LogP contribution in [-0.2, 0) is 24.8 Å². The molecule has 1 aliphatic heterocycles. The van der Waals surface area contributed by atoms with Gasteiger partial charge in [0.05, 0.1) is 28.8 Å². The molecule has 0 aromatic heterocycles. The number of hydrogen-bond donors (Lipinski definition) is 1. The molecule has 2 aromatic rings. The minimum atomic E-state index is -4.05. The van der Waals surface area contributed by atoms with Gasteiger partial charge in [-0.05, 0) is 36.4 Å². The molecule has 1 fully saturated rings. The van der Waals surface area contributed by atoms with Crippen molar-refractivity contribution in [2.24, 2.45) is 0 Å². The number of morpholine rings is 1. The summed E-state index contributed by atoms with van der Waals surface area (Å²) in [6.45, 7) is 1.13. The molecule has 3 rings (SSSR count). The lowest BCUT2D eigenvalue weighted by Gasteiger charge is -2.26. The fourth-order valence-corrected chi connectivity index (χ4v) is 5.82. The molecule has 1 N–H and O–H groups in total. The number of halogens is 2. The average Bonchev–Trinajstić information content (AvgIpc) is 2.64. The van der Waals surface area contributed by atoms with E-state index in [0.717, 1.165) is 0 Å². The quantitative estimate of drug-likeness (QED) is 0.755. The van der Waals surface area contributed by atoms with Crippen LogP contribution in [0, 0.1) is 0 Å². The van der Waals surface area contributed by atoms with Crippen molar-refractivity contribution in [3.05, 3.63) is 52.5 Å². The predicted molar refractivity (Wildman–Crippen MR) is 103 cm³/mol. The van der Waals surface area contributed by atoms with Crippen molar-refractivity contribution in [2.75, 3.05) is 31.0 Å². The summed E-state index contributed by atoms with van der Waals surface area (Å²) in [4.78, 5) is -0.208. The standard InChI is InChI=1S/C16H16Cl2N2O5S2/c17-12-4-5-15(18)16(10-12)26(21,22)19-13-2-1-3-14(11-13)27(23,24)20-6-8-25-9-7-20/h1-5,10-11,19H,6-9H2. The second-order valence-corrected chi connectivity index (χ2v) is 10.2. The number of nitrogens with zero attached hydrogens (tertiary/aromatic N) is 1. The highest BCUT2D eigenvalue weighted by Gasteiger charge is 2.27. The zero-order chi connectivity index (χ0) is 19.7. The molecule has 0 aliphatic carbocycles. The molecular weight excluding hydrogens is 435 g/mol. The molecule has 2 aromatic carbocycles. The van der Waals surface area contributed by atoms with Gasteiger partial charge in [0.25, 0.3) is 10.0 Å². The summed E-state index contributed by atoms with van der Waals surface area (Å²) in [6.07, 6.45) is 0. The Morgan fingerprint density at radius 2 is 1.67 bits per heavy atom. The van der Waals surface area contributed by atoms with Crippen molar-refractivity contribution in [3.63, 3.8) is 0 Å². The Kier molecular flexibility index (Phi) is 5.99. The zero-order valence-corrected chi connectivity index (χ0v) is 17.1. The molecule has 0 amide bonds. The van der Waals surface area contributed by atoms with Gasteiger partial charge in [-0.15, -0.1) is 0 Å². The molecule has 1 saturated heterocycles. The van der Waals surface area contributed by atoms with E-state index < -0.39 is 20.0 Å². The van der Waals surface area contributed by atoms with Crippen molar-refractivity contribution in [1.29, 1.82) is 0 Å². The third-order valence-corrected chi connectivity index (χ3v) is 7.87. The lowest BCUT2D eigenvalue weighted by molar-refractivity contribution is 0.0730. The topological polar surface area (TPSA) is 92.8 Å². The number of benzene rings is 2. The highest BCUT2D eigenvalue weighted by molar-refractivity contribution is 7.93. The highest BCUT2D eigenvalue weighted by atomic mass is 35.5. The Hall–Kier alpha value is -1.36. The minimum absolute atomic E-state index is 0.00370.